The molecule has 6 rings (SSSR count). The highest BCUT2D eigenvalue weighted by Gasteiger charge is 2.50. The topological polar surface area (TPSA) is 84.2 Å². The molecular formula is C26H27F2N3O5. The minimum atomic E-state index is -1.07. The molecular weight excluding hydrogens is 472 g/mol. The van der Waals surface area contributed by atoms with Gasteiger partial charge in [-0.2, -0.15) is 4.39 Å². The van der Waals surface area contributed by atoms with Crippen molar-refractivity contribution in [3.63, 3.8) is 0 Å². The molecule has 1 atom stereocenters. The zero-order valence-corrected chi connectivity index (χ0v) is 19.8. The minimum absolute atomic E-state index is 0.00524. The molecule has 2 aliphatic heterocycles. The van der Waals surface area contributed by atoms with E-state index in [1.165, 1.54) is 23.0 Å². The van der Waals surface area contributed by atoms with Gasteiger partial charge in [-0.05, 0) is 50.2 Å². The summed E-state index contributed by atoms with van der Waals surface area (Å²) < 4.78 is 42.3. The molecule has 0 radical (unpaired) electrons. The van der Waals surface area contributed by atoms with Crippen molar-refractivity contribution in [3.05, 3.63) is 69.7 Å². The molecule has 1 aromatic heterocycles. The third-order valence-electron chi connectivity index (χ3n) is 8.20. The summed E-state index contributed by atoms with van der Waals surface area (Å²) in [5.74, 6) is -3.38. The fraction of sp³-hybridized carbons (Fsp3) is 0.462. The maximum Gasteiger partial charge on any atom is 0.278 e. The summed E-state index contributed by atoms with van der Waals surface area (Å²) in [7, 11) is 1.63. The van der Waals surface area contributed by atoms with Gasteiger partial charge in [-0.25, -0.2) is 4.39 Å². The molecule has 2 saturated carbocycles. The van der Waals surface area contributed by atoms with E-state index in [1.54, 1.807) is 18.1 Å². The third kappa shape index (κ3) is 3.27. The first-order valence-corrected chi connectivity index (χ1v) is 12.2. The van der Waals surface area contributed by atoms with Crippen LogP contribution in [0.2, 0.25) is 0 Å². The van der Waals surface area contributed by atoms with Crippen LogP contribution in [0.5, 0.6) is 11.5 Å². The van der Waals surface area contributed by atoms with Gasteiger partial charge in [0.15, 0.2) is 23.0 Å². The van der Waals surface area contributed by atoms with Crippen molar-refractivity contribution in [2.45, 2.75) is 49.8 Å². The maximum absolute atomic E-state index is 15.1. The highest BCUT2D eigenvalue weighted by molar-refractivity contribution is 5.97. The van der Waals surface area contributed by atoms with Gasteiger partial charge < -0.3 is 19.5 Å². The van der Waals surface area contributed by atoms with Crippen molar-refractivity contribution >= 4 is 5.91 Å². The molecule has 4 aliphatic rings. The molecule has 190 valence electrons. The summed E-state index contributed by atoms with van der Waals surface area (Å²) in [6, 6.07) is 3.25. The van der Waals surface area contributed by atoms with Gasteiger partial charge in [0.1, 0.15) is 13.3 Å². The molecule has 2 aliphatic carbocycles. The Kier molecular flexibility index (Phi) is 5.33. The van der Waals surface area contributed by atoms with Crippen LogP contribution >= 0.6 is 0 Å². The zero-order valence-electron chi connectivity index (χ0n) is 19.8. The van der Waals surface area contributed by atoms with E-state index in [0.29, 0.717) is 31.2 Å². The summed E-state index contributed by atoms with van der Waals surface area (Å²) in [4.78, 5) is 27.8. The number of pyridine rings is 1. The SMILES string of the molecule is COC1CC(C2c3ccc(F)c(F)c3OC/C=C/C3(CCC3)N3CN2n2ccc(=O)c(O)c2C3=O)C1. The Morgan fingerprint density at radius 2 is 1.94 bits per heavy atom. The Morgan fingerprint density at radius 1 is 1.17 bits per heavy atom. The van der Waals surface area contributed by atoms with Gasteiger partial charge in [0, 0.05) is 24.9 Å². The molecule has 3 heterocycles. The van der Waals surface area contributed by atoms with Crippen molar-refractivity contribution in [3.8, 4) is 11.5 Å². The first-order valence-electron chi connectivity index (χ1n) is 12.2. The first kappa shape index (κ1) is 23.0. The Morgan fingerprint density at radius 3 is 2.64 bits per heavy atom. The maximum atomic E-state index is 15.1. The molecule has 2 fully saturated rings. The van der Waals surface area contributed by atoms with Crippen LogP contribution in [0, 0.1) is 17.6 Å². The number of aromatic nitrogens is 1. The summed E-state index contributed by atoms with van der Waals surface area (Å²) in [6.45, 7) is 0.140. The Hall–Kier alpha value is -3.40. The van der Waals surface area contributed by atoms with Gasteiger partial charge in [-0.3, -0.25) is 19.3 Å². The molecule has 0 saturated heterocycles. The molecule has 2 bridgehead atoms. The number of ether oxygens (including phenoxy) is 2. The van der Waals surface area contributed by atoms with Crippen LogP contribution in [-0.2, 0) is 4.74 Å². The first-order chi connectivity index (χ1) is 17.3. The average molecular weight is 500 g/mol. The van der Waals surface area contributed by atoms with E-state index in [9.17, 15) is 19.1 Å². The smallest absolute Gasteiger partial charge is 0.278 e. The number of hydrogen-bond acceptors (Lipinski definition) is 6. The second kappa shape index (κ2) is 8.33. The number of carbonyl (C=O) groups excluding carboxylic acids is 1. The summed E-state index contributed by atoms with van der Waals surface area (Å²) in [5, 5.41) is 12.6. The zero-order chi connectivity index (χ0) is 25.2. The molecule has 1 amide bonds. The largest absolute Gasteiger partial charge is 0.502 e. The van der Waals surface area contributed by atoms with Gasteiger partial charge in [0.25, 0.3) is 5.91 Å². The van der Waals surface area contributed by atoms with E-state index < -0.39 is 40.3 Å². The monoisotopic (exact) mass is 499 g/mol. The third-order valence-corrected chi connectivity index (χ3v) is 8.20. The number of aromatic hydroxyl groups is 1. The minimum Gasteiger partial charge on any atom is -0.502 e. The Balaban J connectivity index is 1.60. The lowest BCUT2D eigenvalue weighted by Gasteiger charge is -2.55. The fourth-order valence-electron chi connectivity index (χ4n) is 6.01. The predicted molar refractivity (Wildman–Crippen MR) is 125 cm³/mol. The fourth-order valence-corrected chi connectivity index (χ4v) is 6.01. The number of halogens is 2. The molecule has 8 nitrogen and oxygen atoms in total. The Labute approximate surface area is 206 Å². The number of fused-ring (bicyclic) bond motifs is 6. The molecule has 1 unspecified atom stereocenters. The lowest BCUT2D eigenvalue weighted by Crippen LogP contribution is -2.65. The lowest BCUT2D eigenvalue weighted by atomic mass is 9.73. The van der Waals surface area contributed by atoms with E-state index in [2.05, 4.69) is 0 Å². The second-order valence-corrected chi connectivity index (χ2v) is 10.0. The molecule has 1 aromatic carbocycles. The average Bonchev–Trinajstić information content (AvgIpc) is 2.83. The van der Waals surface area contributed by atoms with Crippen molar-refractivity contribution in [2.24, 2.45) is 5.92 Å². The van der Waals surface area contributed by atoms with Crippen molar-refractivity contribution in [2.75, 3.05) is 25.4 Å². The van der Waals surface area contributed by atoms with Crippen LogP contribution in [0.15, 0.2) is 41.3 Å². The highest BCUT2D eigenvalue weighted by Crippen LogP contribution is 2.49. The number of methoxy groups -OCH3 is 1. The van der Waals surface area contributed by atoms with Crippen LogP contribution in [0.3, 0.4) is 0 Å². The Bertz CT molecular complexity index is 1320. The van der Waals surface area contributed by atoms with Gasteiger partial charge >= 0.3 is 0 Å². The molecule has 1 spiro atoms. The quantitative estimate of drug-likeness (QED) is 0.639. The highest BCUT2D eigenvalue weighted by atomic mass is 19.2. The summed E-state index contributed by atoms with van der Waals surface area (Å²) in [6.07, 6.45) is 8.72. The van der Waals surface area contributed by atoms with Gasteiger partial charge in [-0.15, -0.1) is 0 Å². The van der Waals surface area contributed by atoms with E-state index in [4.69, 9.17) is 9.47 Å². The predicted octanol–water partition coefficient (Wildman–Crippen LogP) is 3.22. The van der Waals surface area contributed by atoms with E-state index in [0.717, 1.165) is 12.5 Å². The number of hydrogen-bond donors (Lipinski definition) is 1. The van der Waals surface area contributed by atoms with Crippen molar-refractivity contribution < 1.29 is 28.2 Å². The number of nitrogens with zero attached hydrogens (tertiary/aromatic N) is 3. The summed E-state index contributed by atoms with van der Waals surface area (Å²) >= 11 is 0. The standard InChI is InChI=1S/C26H27F2N3O5/c1-35-16-12-15(13-16)21-17-4-5-18(27)20(28)24(17)36-11-3-9-26(7-2-8-26)29-14-31(21)30-10-6-19(32)23(33)22(30)25(29)34/h3-6,9-10,15-16,21,33H,2,7-8,11-14H2,1H3/b9-3+. The van der Waals surface area contributed by atoms with E-state index >= 15 is 4.39 Å². The molecule has 1 N–H and O–H groups in total. The van der Waals surface area contributed by atoms with Gasteiger partial charge in [0.05, 0.1) is 17.7 Å². The van der Waals surface area contributed by atoms with Crippen LogP contribution in [-0.4, -0.2) is 52.6 Å². The number of benzene rings is 1. The van der Waals surface area contributed by atoms with Gasteiger partial charge in [0.2, 0.25) is 11.2 Å². The van der Waals surface area contributed by atoms with Crippen LogP contribution in [0.4, 0.5) is 8.78 Å². The van der Waals surface area contributed by atoms with Crippen LogP contribution < -0.4 is 15.2 Å². The van der Waals surface area contributed by atoms with Crippen LogP contribution in [0.1, 0.15) is 54.2 Å². The normalized spacial score (nSPS) is 27.2. The van der Waals surface area contributed by atoms with E-state index in [-0.39, 0.29) is 36.7 Å². The second-order valence-electron chi connectivity index (χ2n) is 10.0. The lowest BCUT2D eigenvalue weighted by molar-refractivity contribution is -0.0187. The number of carbonyl (C=O) groups is 1. The van der Waals surface area contributed by atoms with Crippen molar-refractivity contribution in [1.82, 2.24) is 9.58 Å². The van der Waals surface area contributed by atoms with E-state index in [1.807, 2.05) is 11.1 Å². The van der Waals surface area contributed by atoms with Crippen LogP contribution in [0.25, 0.3) is 0 Å². The molecule has 36 heavy (non-hydrogen) atoms. The molecule has 2 aromatic rings. The van der Waals surface area contributed by atoms with Gasteiger partial charge in [-0.1, -0.05) is 12.1 Å². The number of rotatable bonds is 2. The molecule has 10 heteroatoms. The number of amides is 1. The van der Waals surface area contributed by atoms with Crippen molar-refractivity contribution in [1.29, 1.82) is 0 Å². The summed E-state index contributed by atoms with van der Waals surface area (Å²) in [5.41, 5.74) is -0.979.